The summed E-state index contributed by atoms with van der Waals surface area (Å²) in [5.74, 6) is -1.05. The molecule has 0 saturated carbocycles. The zero-order valence-electron chi connectivity index (χ0n) is 28.0. The number of hydrogen-bond donors (Lipinski definition) is 4. The SMILES string of the molecule is CCOC(=O)c1c(NC(=O)C(C)Sc2cccc(NC(=O)/C(=C/c3c[nH]c4ccccc34)NC(=O)c3ccccc3)c2)sc2c1CCC(C)C2. The fraction of sp³-hybridized carbons (Fsp3) is 0.231. The van der Waals surface area contributed by atoms with Crippen molar-refractivity contribution < 1.29 is 23.9 Å². The lowest BCUT2D eigenvalue weighted by Crippen LogP contribution is -2.30. The highest BCUT2D eigenvalue weighted by atomic mass is 32.2. The number of thioether (sulfide) groups is 1. The Bertz CT molecular complexity index is 2080. The number of carbonyl (C=O) groups is 4. The summed E-state index contributed by atoms with van der Waals surface area (Å²) in [6.45, 7) is 6.02. The van der Waals surface area contributed by atoms with Gasteiger partial charge in [-0.05, 0) is 87.1 Å². The number of anilines is 2. The molecule has 2 aromatic heterocycles. The van der Waals surface area contributed by atoms with E-state index in [9.17, 15) is 19.2 Å². The molecule has 0 spiro atoms. The van der Waals surface area contributed by atoms with Gasteiger partial charge in [-0.2, -0.15) is 0 Å². The van der Waals surface area contributed by atoms with Crippen LogP contribution in [0.25, 0.3) is 17.0 Å². The molecule has 6 rings (SSSR count). The summed E-state index contributed by atoms with van der Waals surface area (Å²) in [4.78, 5) is 58.3. The predicted octanol–water partition coefficient (Wildman–Crippen LogP) is 8.06. The first-order valence-electron chi connectivity index (χ1n) is 16.5. The number of esters is 1. The van der Waals surface area contributed by atoms with Gasteiger partial charge < -0.3 is 25.7 Å². The van der Waals surface area contributed by atoms with Crippen LogP contribution in [0.15, 0.2) is 95.7 Å². The number of amides is 3. The van der Waals surface area contributed by atoms with Gasteiger partial charge >= 0.3 is 5.97 Å². The van der Waals surface area contributed by atoms with Gasteiger partial charge in [0.05, 0.1) is 17.4 Å². The second-order valence-electron chi connectivity index (χ2n) is 12.2. The first-order valence-corrected chi connectivity index (χ1v) is 18.2. The summed E-state index contributed by atoms with van der Waals surface area (Å²) in [6, 6.07) is 23.6. The van der Waals surface area contributed by atoms with Crippen molar-refractivity contribution in [1.82, 2.24) is 10.3 Å². The van der Waals surface area contributed by atoms with Crippen LogP contribution in [0.4, 0.5) is 10.7 Å². The van der Waals surface area contributed by atoms with Gasteiger partial charge in [0.15, 0.2) is 0 Å². The quantitative estimate of drug-likeness (QED) is 0.0625. The molecule has 11 heteroatoms. The minimum atomic E-state index is -0.517. The largest absolute Gasteiger partial charge is 0.462 e. The summed E-state index contributed by atoms with van der Waals surface area (Å²) < 4.78 is 5.36. The lowest BCUT2D eigenvalue weighted by Gasteiger charge is -2.18. The molecule has 3 amide bonds. The van der Waals surface area contributed by atoms with E-state index in [1.165, 1.54) is 23.1 Å². The van der Waals surface area contributed by atoms with E-state index in [0.717, 1.165) is 51.1 Å². The molecule has 256 valence electrons. The Kier molecular flexibility index (Phi) is 10.8. The third kappa shape index (κ3) is 8.01. The van der Waals surface area contributed by atoms with E-state index >= 15 is 0 Å². The van der Waals surface area contributed by atoms with Crippen molar-refractivity contribution in [2.24, 2.45) is 5.92 Å². The maximum absolute atomic E-state index is 13.7. The fourth-order valence-electron chi connectivity index (χ4n) is 5.89. The van der Waals surface area contributed by atoms with Crippen LogP contribution in [0.1, 0.15) is 63.9 Å². The predicted molar refractivity (Wildman–Crippen MR) is 201 cm³/mol. The lowest BCUT2D eigenvalue weighted by atomic mass is 9.88. The van der Waals surface area contributed by atoms with Crippen LogP contribution in [0.2, 0.25) is 0 Å². The molecule has 3 aromatic carbocycles. The molecule has 0 saturated heterocycles. The van der Waals surface area contributed by atoms with Crippen LogP contribution in [0.5, 0.6) is 0 Å². The van der Waals surface area contributed by atoms with Crippen molar-refractivity contribution in [1.29, 1.82) is 0 Å². The maximum Gasteiger partial charge on any atom is 0.341 e. The number of benzene rings is 3. The van der Waals surface area contributed by atoms with Gasteiger partial charge in [-0.15, -0.1) is 23.1 Å². The molecule has 50 heavy (non-hydrogen) atoms. The number of hydrogen-bond acceptors (Lipinski definition) is 7. The van der Waals surface area contributed by atoms with Crippen LogP contribution in [-0.2, 0) is 27.2 Å². The highest BCUT2D eigenvalue weighted by Gasteiger charge is 2.30. The third-order valence-electron chi connectivity index (χ3n) is 8.45. The normalized spacial score (nSPS) is 14.8. The molecular formula is C39H38N4O5S2. The molecule has 2 heterocycles. The van der Waals surface area contributed by atoms with Gasteiger partial charge in [-0.3, -0.25) is 14.4 Å². The van der Waals surface area contributed by atoms with E-state index in [-0.39, 0.29) is 18.2 Å². The summed E-state index contributed by atoms with van der Waals surface area (Å²) in [6.07, 6.45) is 6.09. The van der Waals surface area contributed by atoms with Crippen molar-refractivity contribution in [2.75, 3.05) is 17.2 Å². The highest BCUT2D eigenvalue weighted by Crippen LogP contribution is 2.40. The summed E-state index contributed by atoms with van der Waals surface area (Å²) >= 11 is 2.79. The van der Waals surface area contributed by atoms with Crippen LogP contribution >= 0.6 is 23.1 Å². The van der Waals surface area contributed by atoms with E-state index in [1.54, 1.807) is 68.6 Å². The van der Waals surface area contributed by atoms with Crippen LogP contribution in [-0.4, -0.2) is 40.5 Å². The number of H-pyrrole nitrogens is 1. The van der Waals surface area contributed by atoms with Crippen molar-refractivity contribution in [3.05, 3.63) is 118 Å². The molecule has 4 N–H and O–H groups in total. The first-order chi connectivity index (χ1) is 24.2. The molecule has 0 bridgehead atoms. The molecule has 2 atom stereocenters. The van der Waals surface area contributed by atoms with Crippen LogP contribution in [0, 0.1) is 5.92 Å². The molecule has 0 radical (unpaired) electrons. The monoisotopic (exact) mass is 706 g/mol. The number of aromatic amines is 1. The number of nitrogens with one attached hydrogen (secondary N) is 4. The Morgan fingerprint density at radius 3 is 2.60 bits per heavy atom. The van der Waals surface area contributed by atoms with Crippen molar-refractivity contribution in [3.63, 3.8) is 0 Å². The molecule has 1 aliphatic rings. The maximum atomic E-state index is 13.7. The van der Waals surface area contributed by atoms with Crippen molar-refractivity contribution in [2.45, 2.75) is 50.2 Å². The van der Waals surface area contributed by atoms with Gasteiger partial charge in [0, 0.05) is 43.7 Å². The average Bonchev–Trinajstić information content (AvgIpc) is 3.68. The number of aromatic nitrogens is 1. The molecule has 5 aromatic rings. The summed E-state index contributed by atoms with van der Waals surface area (Å²) in [5.41, 5.74) is 4.10. The van der Waals surface area contributed by atoms with E-state index in [1.807, 2.05) is 36.4 Å². The fourth-order valence-corrected chi connectivity index (χ4v) is 8.21. The smallest absolute Gasteiger partial charge is 0.341 e. The van der Waals surface area contributed by atoms with E-state index < -0.39 is 23.0 Å². The Hall–Kier alpha value is -5.13. The Balaban J connectivity index is 1.18. The number of ether oxygens (including phenoxy) is 1. The minimum absolute atomic E-state index is 0.0693. The number of rotatable bonds is 11. The molecular weight excluding hydrogens is 669 g/mol. The van der Waals surface area contributed by atoms with E-state index in [2.05, 4.69) is 27.9 Å². The van der Waals surface area contributed by atoms with Crippen molar-refractivity contribution in [3.8, 4) is 0 Å². The standard InChI is InChI=1S/C39H38N4O5S2/c1-4-48-39(47)34-30-18-17-23(2)19-33(30)50-38(34)43-35(44)24(3)49-28-14-10-13-27(21-28)41-37(46)32(42-36(45)25-11-6-5-7-12-25)20-26-22-40-31-16-9-8-15-29(26)31/h5-16,20-24,40H,4,17-19H2,1-3H3,(H,41,46)(H,42,45)(H,43,44)/b32-20-. The molecule has 1 aliphatic carbocycles. The molecule has 9 nitrogen and oxygen atoms in total. The Morgan fingerprint density at radius 1 is 1.02 bits per heavy atom. The van der Waals surface area contributed by atoms with E-state index in [0.29, 0.717) is 27.7 Å². The number of para-hydroxylation sites is 1. The van der Waals surface area contributed by atoms with Gasteiger partial charge in [-0.1, -0.05) is 49.4 Å². The van der Waals surface area contributed by atoms with Crippen LogP contribution < -0.4 is 16.0 Å². The topological polar surface area (TPSA) is 129 Å². The zero-order valence-corrected chi connectivity index (χ0v) is 29.6. The summed E-state index contributed by atoms with van der Waals surface area (Å²) in [5, 5.41) is 9.63. The number of thiophene rings is 1. The van der Waals surface area contributed by atoms with E-state index in [4.69, 9.17) is 4.74 Å². The minimum Gasteiger partial charge on any atom is -0.462 e. The van der Waals surface area contributed by atoms with Crippen molar-refractivity contribution >= 4 is 74.5 Å². The number of fused-ring (bicyclic) bond motifs is 2. The molecule has 0 aliphatic heterocycles. The van der Waals surface area contributed by atoms with Gasteiger partial charge in [-0.25, -0.2) is 4.79 Å². The molecule has 0 fully saturated rings. The number of carbonyl (C=O) groups excluding carboxylic acids is 4. The molecule has 2 unspecified atom stereocenters. The van der Waals surface area contributed by atoms with Gasteiger partial charge in [0.25, 0.3) is 11.8 Å². The second-order valence-corrected chi connectivity index (χ2v) is 14.7. The van der Waals surface area contributed by atoms with Gasteiger partial charge in [0.1, 0.15) is 10.7 Å². The average molecular weight is 707 g/mol. The Morgan fingerprint density at radius 2 is 1.80 bits per heavy atom. The highest BCUT2D eigenvalue weighted by molar-refractivity contribution is 8.00. The zero-order chi connectivity index (χ0) is 35.2. The third-order valence-corrected chi connectivity index (χ3v) is 10.7. The van der Waals surface area contributed by atoms with Crippen LogP contribution in [0.3, 0.4) is 0 Å². The summed E-state index contributed by atoms with van der Waals surface area (Å²) in [7, 11) is 0. The Labute approximate surface area is 298 Å². The first kappa shape index (κ1) is 34.7. The lowest BCUT2D eigenvalue weighted by molar-refractivity contribution is -0.115. The second kappa shape index (κ2) is 15.6. The van der Waals surface area contributed by atoms with Gasteiger partial charge in [0.2, 0.25) is 5.91 Å².